The molecule has 0 aromatic carbocycles. The zero-order chi connectivity index (χ0) is 14.5. The van der Waals surface area contributed by atoms with E-state index in [4.69, 9.17) is 5.73 Å². The van der Waals surface area contributed by atoms with Crippen molar-refractivity contribution in [2.24, 2.45) is 5.73 Å². The molecule has 1 aromatic heterocycles. The Kier molecular flexibility index (Phi) is 5.11. The summed E-state index contributed by atoms with van der Waals surface area (Å²) in [7, 11) is 0. The topological polar surface area (TPSA) is 95.7 Å². The number of carbonyl (C=O) groups is 2. The minimum Gasteiger partial charge on any atom is -0.388 e. The molecule has 110 valence electrons. The molecule has 2 atom stereocenters. The standard InChI is InChI=1S/C13H19N3O3S/c14-13(19)15-12(18)8-16-5-1-3-9(16)7-10(17)11-4-2-6-20-11/h2,4,6,9-10,17H,1,3,5,7-8H2,(H3,14,15,18,19)/t9-,10+/m0/s1. The third kappa shape index (κ3) is 4.03. The average Bonchev–Trinajstić information content (AvgIpc) is 3.00. The van der Waals surface area contributed by atoms with Crippen LogP contribution in [0.25, 0.3) is 0 Å². The molecule has 4 N–H and O–H groups in total. The minimum absolute atomic E-state index is 0.144. The van der Waals surface area contributed by atoms with Crippen molar-refractivity contribution >= 4 is 23.3 Å². The summed E-state index contributed by atoms with van der Waals surface area (Å²) in [5.41, 5.74) is 4.92. The molecule has 0 radical (unpaired) electrons. The molecule has 1 aliphatic heterocycles. The molecule has 0 saturated carbocycles. The van der Waals surface area contributed by atoms with Crippen molar-refractivity contribution in [2.75, 3.05) is 13.1 Å². The summed E-state index contributed by atoms with van der Waals surface area (Å²) in [6.07, 6.45) is 2.04. The number of primary amides is 1. The fourth-order valence-corrected chi connectivity index (χ4v) is 3.31. The van der Waals surface area contributed by atoms with E-state index in [9.17, 15) is 14.7 Å². The number of urea groups is 1. The Balaban J connectivity index is 1.87. The van der Waals surface area contributed by atoms with Crippen LogP contribution in [0.5, 0.6) is 0 Å². The van der Waals surface area contributed by atoms with Crippen molar-refractivity contribution in [3.8, 4) is 0 Å². The molecule has 20 heavy (non-hydrogen) atoms. The lowest BCUT2D eigenvalue weighted by Gasteiger charge is -2.25. The van der Waals surface area contributed by atoms with E-state index >= 15 is 0 Å². The Morgan fingerprint density at radius 1 is 1.60 bits per heavy atom. The highest BCUT2D eigenvalue weighted by Crippen LogP contribution is 2.29. The smallest absolute Gasteiger partial charge is 0.318 e. The molecule has 2 heterocycles. The first kappa shape index (κ1) is 15.0. The molecule has 1 fully saturated rings. The van der Waals surface area contributed by atoms with Crippen molar-refractivity contribution in [2.45, 2.75) is 31.4 Å². The normalized spacial score (nSPS) is 20.8. The second kappa shape index (κ2) is 6.83. The molecule has 3 amide bonds. The number of nitrogens with zero attached hydrogens (tertiary/aromatic N) is 1. The van der Waals surface area contributed by atoms with Crippen LogP contribution in [-0.2, 0) is 4.79 Å². The van der Waals surface area contributed by atoms with E-state index < -0.39 is 18.0 Å². The Labute approximate surface area is 121 Å². The number of carbonyl (C=O) groups excluding carboxylic acids is 2. The van der Waals surface area contributed by atoms with Crippen LogP contribution in [0.15, 0.2) is 17.5 Å². The number of aliphatic hydroxyl groups excluding tert-OH is 1. The van der Waals surface area contributed by atoms with E-state index in [1.807, 2.05) is 22.4 Å². The first-order chi connectivity index (χ1) is 9.56. The van der Waals surface area contributed by atoms with Gasteiger partial charge in [-0.25, -0.2) is 4.79 Å². The first-order valence-corrected chi connectivity index (χ1v) is 7.49. The third-order valence-corrected chi connectivity index (χ3v) is 4.45. The van der Waals surface area contributed by atoms with E-state index in [0.29, 0.717) is 6.42 Å². The van der Waals surface area contributed by atoms with Crippen LogP contribution in [0, 0.1) is 0 Å². The number of aliphatic hydroxyl groups is 1. The van der Waals surface area contributed by atoms with Crippen molar-refractivity contribution in [3.05, 3.63) is 22.4 Å². The highest BCUT2D eigenvalue weighted by molar-refractivity contribution is 7.10. The lowest BCUT2D eigenvalue weighted by atomic mass is 10.1. The first-order valence-electron chi connectivity index (χ1n) is 6.61. The van der Waals surface area contributed by atoms with Crippen LogP contribution in [-0.4, -0.2) is 41.1 Å². The van der Waals surface area contributed by atoms with Gasteiger partial charge in [0.1, 0.15) is 0 Å². The summed E-state index contributed by atoms with van der Waals surface area (Å²) in [4.78, 5) is 25.1. The summed E-state index contributed by atoms with van der Waals surface area (Å²) in [6, 6.07) is 3.15. The van der Waals surface area contributed by atoms with Gasteiger partial charge in [-0.2, -0.15) is 0 Å². The van der Waals surface area contributed by atoms with Crippen LogP contribution in [0.1, 0.15) is 30.2 Å². The molecular formula is C13H19N3O3S. The molecule has 1 aliphatic rings. The second-order valence-electron chi connectivity index (χ2n) is 4.95. The van der Waals surface area contributed by atoms with Crippen LogP contribution in [0.4, 0.5) is 4.79 Å². The number of hydrogen-bond donors (Lipinski definition) is 3. The van der Waals surface area contributed by atoms with Gasteiger partial charge in [-0.05, 0) is 37.3 Å². The Morgan fingerprint density at radius 2 is 2.40 bits per heavy atom. The number of imide groups is 1. The Bertz CT molecular complexity index is 463. The van der Waals surface area contributed by atoms with Crippen molar-refractivity contribution < 1.29 is 14.7 Å². The largest absolute Gasteiger partial charge is 0.388 e. The molecular weight excluding hydrogens is 278 g/mol. The molecule has 0 aliphatic carbocycles. The van der Waals surface area contributed by atoms with Gasteiger partial charge in [-0.15, -0.1) is 11.3 Å². The summed E-state index contributed by atoms with van der Waals surface area (Å²) in [6.45, 7) is 0.943. The molecule has 1 saturated heterocycles. The zero-order valence-electron chi connectivity index (χ0n) is 11.1. The van der Waals surface area contributed by atoms with Gasteiger partial charge in [0.2, 0.25) is 5.91 Å². The molecule has 0 bridgehead atoms. The fourth-order valence-electron chi connectivity index (χ4n) is 2.59. The number of rotatable bonds is 5. The quantitative estimate of drug-likeness (QED) is 0.750. The van der Waals surface area contributed by atoms with E-state index in [2.05, 4.69) is 5.32 Å². The van der Waals surface area contributed by atoms with Gasteiger partial charge in [0.05, 0.1) is 12.6 Å². The highest BCUT2D eigenvalue weighted by Gasteiger charge is 2.28. The maximum Gasteiger partial charge on any atom is 0.318 e. The highest BCUT2D eigenvalue weighted by atomic mass is 32.1. The van der Waals surface area contributed by atoms with Gasteiger partial charge in [-0.1, -0.05) is 6.07 Å². The lowest BCUT2D eigenvalue weighted by molar-refractivity contribution is -0.121. The van der Waals surface area contributed by atoms with Crippen molar-refractivity contribution in [3.63, 3.8) is 0 Å². The maximum atomic E-state index is 11.6. The summed E-state index contributed by atoms with van der Waals surface area (Å²) >= 11 is 1.53. The van der Waals surface area contributed by atoms with Gasteiger partial charge in [0.15, 0.2) is 0 Å². The lowest BCUT2D eigenvalue weighted by Crippen LogP contribution is -2.44. The number of hydrogen-bond acceptors (Lipinski definition) is 5. The monoisotopic (exact) mass is 297 g/mol. The van der Waals surface area contributed by atoms with Crippen molar-refractivity contribution in [1.29, 1.82) is 0 Å². The van der Waals surface area contributed by atoms with Gasteiger partial charge in [0.25, 0.3) is 0 Å². The van der Waals surface area contributed by atoms with Crippen LogP contribution >= 0.6 is 11.3 Å². The zero-order valence-corrected chi connectivity index (χ0v) is 11.9. The summed E-state index contributed by atoms with van der Waals surface area (Å²) in [5, 5.41) is 14.2. The second-order valence-corrected chi connectivity index (χ2v) is 5.93. The SMILES string of the molecule is NC(=O)NC(=O)CN1CCC[C@H]1C[C@@H](O)c1cccs1. The number of likely N-dealkylation sites (tertiary alicyclic amines) is 1. The number of nitrogens with one attached hydrogen (secondary N) is 1. The maximum absolute atomic E-state index is 11.6. The number of nitrogens with two attached hydrogens (primary N) is 1. The molecule has 2 rings (SSSR count). The molecule has 1 aromatic rings. The van der Waals surface area contributed by atoms with Gasteiger partial charge >= 0.3 is 6.03 Å². The predicted octanol–water partition coefficient (Wildman–Crippen LogP) is 0.831. The molecule has 0 unspecified atom stereocenters. The Hall–Kier alpha value is -1.44. The molecule has 7 heteroatoms. The third-order valence-electron chi connectivity index (χ3n) is 3.48. The van der Waals surface area contributed by atoms with Crippen LogP contribution < -0.4 is 11.1 Å². The number of amides is 3. The summed E-state index contributed by atoms with van der Waals surface area (Å²) < 4.78 is 0. The molecule has 6 nitrogen and oxygen atoms in total. The Morgan fingerprint density at radius 3 is 3.05 bits per heavy atom. The van der Waals surface area contributed by atoms with E-state index in [-0.39, 0.29) is 12.6 Å². The number of thiophene rings is 1. The van der Waals surface area contributed by atoms with E-state index in [1.54, 1.807) is 0 Å². The molecule has 0 spiro atoms. The minimum atomic E-state index is -0.829. The predicted molar refractivity (Wildman–Crippen MR) is 76.2 cm³/mol. The van der Waals surface area contributed by atoms with Gasteiger partial charge in [-0.3, -0.25) is 15.0 Å². The van der Waals surface area contributed by atoms with E-state index in [1.165, 1.54) is 11.3 Å². The van der Waals surface area contributed by atoms with E-state index in [0.717, 1.165) is 24.3 Å². The fraction of sp³-hybridized carbons (Fsp3) is 0.538. The van der Waals surface area contributed by atoms with Crippen LogP contribution in [0.3, 0.4) is 0 Å². The van der Waals surface area contributed by atoms with Crippen LogP contribution in [0.2, 0.25) is 0 Å². The van der Waals surface area contributed by atoms with Crippen molar-refractivity contribution in [1.82, 2.24) is 10.2 Å². The van der Waals surface area contributed by atoms with Gasteiger partial charge in [0, 0.05) is 10.9 Å². The summed E-state index contributed by atoms with van der Waals surface area (Å²) in [5.74, 6) is -0.394. The average molecular weight is 297 g/mol. The van der Waals surface area contributed by atoms with Gasteiger partial charge < -0.3 is 10.8 Å².